The van der Waals surface area contributed by atoms with E-state index >= 15 is 0 Å². The highest BCUT2D eigenvalue weighted by Crippen LogP contribution is 2.43. The summed E-state index contributed by atoms with van der Waals surface area (Å²) in [5.41, 5.74) is 1.23. The second kappa shape index (κ2) is 6.72. The van der Waals surface area contributed by atoms with E-state index in [1.807, 2.05) is 0 Å². The normalized spacial score (nSPS) is 12.4. The molecule has 0 heterocycles. The van der Waals surface area contributed by atoms with Crippen LogP contribution in [0.1, 0.15) is 0 Å². The van der Waals surface area contributed by atoms with Crippen LogP contribution in [0.15, 0.2) is 65.6 Å². The Bertz CT molecular complexity index is 1220. The van der Waals surface area contributed by atoms with Crippen LogP contribution in [-0.2, 0) is 11.0 Å². The quantitative estimate of drug-likeness (QED) is 0.545. The van der Waals surface area contributed by atoms with Gasteiger partial charge in [0.1, 0.15) is 28.4 Å². The maximum Gasteiger partial charge on any atom is 0.127 e. The summed E-state index contributed by atoms with van der Waals surface area (Å²) in [6.45, 7) is 0. The predicted molar refractivity (Wildman–Crippen MR) is 104 cm³/mol. The van der Waals surface area contributed by atoms with Gasteiger partial charge in [0, 0.05) is 11.1 Å². The largest absolute Gasteiger partial charge is 0.496 e. The molecule has 0 radical (unpaired) electrons. The Labute approximate surface area is 157 Å². The van der Waals surface area contributed by atoms with Crippen LogP contribution < -0.4 is 9.88 Å². The van der Waals surface area contributed by atoms with Crippen LogP contribution in [0.5, 0.6) is 5.75 Å². The number of hydrogen-bond donors (Lipinski definition) is 1. The number of benzene rings is 4. The second-order valence-corrected chi connectivity index (χ2v) is 7.14. The van der Waals surface area contributed by atoms with Gasteiger partial charge in [-0.15, -0.1) is 0 Å². The average molecular weight is 383 g/mol. The molecule has 2 N–H and O–H groups in total. The van der Waals surface area contributed by atoms with E-state index < -0.39 is 11.0 Å². The molecule has 0 saturated heterocycles. The van der Waals surface area contributed by atoms with Crippen LogP contribution in [0, 0.1) is 11.6 Å². The summed E-state index contributed by atoms with van der Waals surface area (Å²) in [5.74, 6) is -0.208. The Kier molecular flexibility index (Phi) is 4.37. The van der Waals surface area contributed by atoms with Crippen molar-refractivity contribution >= 4 is 32.5 Å². The number of nitrogens with two attached hydrogens (primary N) is 1. The zero-order chi connectivity index (χ0) is 19.1. The Morgan fingerprint density at radius 3 is 1.93 bits per heavy atom. The summed E-state index contributed by atoms with van der Waals surface area (Å²) in [4.78, 5) is 0.393. The van der Waals surface area contributed by atoms with Crippen LogP contribution >= 0.6 is 0 Å². The van der Waals surface area contributed by atoms with Crippen molar-refractivity contribution in [1.29, 1.82) is 0 Å². The van der Waals surface area contributed by atoms with Gasteiger partial charge in [-0.1, -0.05) is 24.3 Å². The monoisotopic (exact) mass is 383 g/mol. The van der Waals surface area contributed by atoms with Crippen LogP contribution in [0.4, 0.5) is 8.78 Å². The summed E-state index contributed by atoms with van der Waals surface area (Å²) in [5, 5.41) is 8.44. The fourth-order valence-electron chi connectivity index (χ4n) is 3.41. The first-order chi connectivity index (χ1) is 13.0. The number of methoxy groups -OCH3 is 1. The summed E-state index contributed by atoms with van der Waals surface area (Å²) in [7, 11) is -0.257. The van der Waals surface area contributed by atoms with Crippen molar-refractivity contribution in [2.24, 2.45) is 5.14 Å². The molecule has 3 nitrogen and oxygen atoms in total. The van der Waals surface area contributed by atoms with Gasteiger partial charge in [-0.25, -0.2) is 18.1 Å². The van der Waals surface area contributed by atoms with E-state index in [1.165, 1.54) is 31.4 Å². The van der Waals surface area contributed by atoms with Gasteiger partial charge in [-0.05, 0) is 57.9 Å². The molecule has 1 atom stereocenters. The number of hydrogen-bond acceptors (Lipinski definition) is 2. The van der Waals surface area contributed by atoms with Gasteiger partial charge in [0.2, 0.25) is 0 Å². The molecule has 136 valence electrons. The van der Waals surface area contributed by atoms with Gasteiger partial charge in [-0.3, -0.25) is 0 Å². The Balaban J connectivity index is 2.22. The minimum Gasteiger partial charge on any atom is -0.496 e. The number of halogens is 2. The fourth-order valence-corrected chi connectivity index (χ4v) is 4.03. The Morgan fingerprint density at radius 1 is 0.815 bits per heavy atom. The van der Waals surface area contributed by atoms with E-state index in [0.29, 0.717) is 37.9 Å². The van der Waals surface area contributed by atoms with Gasteiger partial charge in [0.25, 0.3) is 0 Å². The molecule has 0 aliphatic heterocycles. The molecule has 0 saturated carbocycles. The van der Waals surface area contributed by atoms with Crippen molar-refractivity contribution in [3.05, 3.63) is 72.3 Å². The van der Waals surface area contributed by atoms with Crippen molar-refractivity contribution in [2.45, 2.75) is 4.90 Å². The first-order valence-corrected chi connectivity index (χ1v) is 9.36. The third kappa shape index (κ3) is 2.97. The van der Waals surface area contributed by atoms with E-state index in [2.05, 4.69) is 0 Å². The molecule has 0 fully saturated rings. The molecule has 0 amide bonds. The van der Waals surface area contributed by atoms with Crippen LogP contribution in [0.2, 0.25) is 0 Å². The molecular formula is C21H15F2NO2S. The number of ether oxygens (including phenoxy) is 1. The summed E-state index contributed by atoms with van der Waals surface area (Å²) < 4.78 is 45.2. The molecule has 27 heavy (non-hydrogen) atoms. The second-order valence-electron chi connectivity index (χ2n) is 6.11. The van der Waals surface area contributed by atoms with Crippen molar-refractivity contribution < 1.29 is 17.7 Å². The summed E-state index contributed by atoms with van der Waals surface area (Å²) >= 11 is 0. The Morgan fingerprint density at radius 2 is 1.37 bits per heavy atom. The maximum atomic E-state index is 13.7. The highest BCUT2D eigenvalue weighted by molar-refractivity contribution is 7.82. The molecule has 4 rings (SSSR count). The van der Waals surface area contributed by atoms with E-state index in [-0.39, 0.29) is 11.6 Å². The van der Waals surface area contributed by atoms with Gasteiger partial charge < -0.3 is 4.74 Å². The number of rotatable bonds is 3. The van der Waals surface area contributed by atoms with Crippen molar-refractivity contribution in [2.75, 3.05) is 7.11 Å². The van der Waals surface area contributed by atoms with Crippen molar-refractivity contribution in [3.8, 4) is 16.9 Å². The van der Waals surface area contributed by atoms with Crippen LogP contribution in [-0.4, -0.2) is 11.3 Å². The minimum atomic E-state index is -1.78. The van der Waals surface area contributed by atoms with E-state index in [4.69, 9.17) is 9.88 Å². The lowest BCUT2D eigenvalue weighted by Gasteiger charge is -2.17. The lowest BCUT2D eigenvalue weighted by molar-refractivity contribution is 0.417. The molecule has 6 heteroatoms. The molecule has 0 aliphatic rings. The lowest BCUT2D eigenvalue weighted by atomic mass is 9.93. The maximum absolute atomic E-state index is 13.7. The van der Waals surface area contributed by atoms with Gasteiger partial charge >= 0.3 is 0 Å². The first kappa shape index (κ1) is 17.6. The minimum absolute atomic E-state index is 0.360. The lowest BCUT2D eigenvalue weighted by Crippen LogP contribution is -2.05. The molecule has 0 spiro atoms. The Hall–Kier alpha value is -2.83. The molecule has 1 unspecified atom stereocenters. The van der Waals surface area contributed by atoms with E-state index in [9.17, 15) is 13.0 Å². The zero-order valence-electron chi connectivity index (χ0n) is 14.3. The standard InChI is InChI=1S/C21H15F2NO2S/c1-26-18-8-2-12-10-14(22)4-6-16(12)20(18)21-17-7-5-15(23)11-13(17)3-9-19(21)27(24)25/h2-11H,24H2,1H3. The van der Waals surface area contributed by atoms with Crippen molar-refractivity contribution in [1.82, 2.24) is 0 Å². The third-order valence-corrected chi connectivity index (χ3v) is 5.35. The number of fused-ring (bicyclic) bond motifs is 2. The van der Waals surface area contributed by atoms with E-state index in [0.717, 1.165) is 5.39 Å². The molecule has 4 aromatic carbocycles. The molecule has 0 aromatic heterocycles. The smallest absolute Gasteiger partial charge is 0.127 e. The fraction of sp³-hybridized carbons (Fsp3) is 0.0476. The summed E-state index contributed by atoms with van der Waals surface area (Å²) in [6.07, 6.45) is 0. The van der Waals surface area contributed by atoms with E-state index in [1.54, 1.807) is 36.4 Å². The molecule has 4 aromatic rings. The zero-order valence-corrected chi connectivity index (χ0v) is 15.1. The van der Waals surface area contributed by atoms with Gasteiger partial charge in [0.05, 0.1) is 12.0 Å². The third-order valence-electron chi connectivity index (χ3n) is 4.57. The highest BCUT2D eigenvalue weighted by atomic mass is 32.2. The van der Waals surface area contributed by atoms with Gasteiger partial charge in [-0.2, -0.15) is 0 Å². The van der Waals surface area contributed by atoms with Crippen molar-refractivity contribution in [3.63, 3.8) is 0 Å². The predicted octanol–water partition coefficient (Wildman–Crippen LogP) is 4.93. The molecular weight excluding hydrogens is 368 g/mol. The SMILES string of the molecule is COc1ccc2cc(F)ccc2c1-c1c(S(N)=O)ccc2cc(F)ccc12. The van der Waals surface area contributed by atoms with Gasteiger partial charge in [0.15, 0.2) is 0 Å². The molecule has 0 aliphatic carbocycles. The van der Waals surface area contributed by atoms with Crippen LogP contribution in [0.3, 0.4) is 0 Å². The van der Waals surface area contributed by atoms with Crippen LogP contribution in [0.25, 0.3) is 32.7 Å². The first-order valence-electron chi connectivity index (χ1n) is 8.14. The average Bonchev–Trinajstić information content (AvgIpc) is 2.65. The highest BCUT2D eigenvalue weighted by Gasteiger charge is 2.20. The molecule has 0 bridgehead atoms. The topological polar surface area (TPSA) is 52.3 Å². The summed E-state index contributed by atoms with van der Waals surface area (Å²) in [6, 6.07) is 15.6.